The van der Waals surface area contributed by atoms with Gasteiger partial charge in [-0.1, -0.05) is 26.0 Å². The van der Waals surface area contributed by atoms with Gasteiger partial charge in [0.1, 0.15) is 0 Å². The maximum absolute atomic E-state index is 11.9. The number of Topliss-reactive ketones (excluding diaryl/α,β-unsaturated/α-hetero) is 1. The van der Waals surface area contributed by atoms with Crippen molar-refractivity contribution < 1.29 is 4.79 Å². The largest absolute Gasteiger partial charge is 0.309 e. The van der Waals surface area contributed by atoms with Gasteiger partial charge in [0, 0.05) is 16.9 Å². The Hall–Kier alpha value is -0.800. The minimum absolute atomic E-state index is 0.249. The molecule has 0 aromatic heterocycles. The molecule has 0 spiro atoms. The number of thioether (sulfide) groups is 1. The third-order valence-corrected chi connectivity index (χ3v) is 3.89. The summed E-state index contributed by atoms with van der Waals surface area (Å²) in [5, 5.41) is 0. The number of hydrogen-bond acceptors (Lipinski definition) is 3. The molecule has 0 atom stereocenters. The van der Waals surface area contributed by atoms with Gasteiger partial charge < -0.3 is 4.90 Å². The highest BCUT2D eigenvalue weighted by molar-refractivity contribution is 7.99. The van der Waals surface area contributed by atoms with E-state index in [0.29, 0.717) is 12.3 Å². The lowest BCUT2D eigenvalue weighted by atomic mass is 10.0. The third kappa shape index (κ3) is 6.79. The smallest absolute Gasteiger partial charge is 0.163 e. The van der Waals surface area contributed by atoms with Crippen LogP contribution in [0.3, 0.4) is 0 Å². The molecule has 0 aliphatic heterocycles. The first-order chi connectivity index (χ1) is 8.99. The first-order valence-corrected chi connectivity index (χ1v) is 7.88. The summed E-state index contributed by atoms with van der Waals surface area (Å²) >= 11 is 1.86. The van der Waals surface area contributed by atoms with Gasteiger partial charge in [0.05, 0.1) is 0 Å². The number of rotatable bonds is 8. The van der Waals surface area contributed by atoms with Crippen molar-refractivity contribution in [3.63, 3.8) is 0 Å². The van der Waals surface area contributed by atoms with Crippen molar-refractivity contribution in [1.82, 2.24) is 4.90 Å². The molecule has 0 amide bonds. The molecule has 1 aromatic carbocycles. The van der Waals surface area contributed by atoms with Crippen molar-refractivity contribution in [3.8, 4) is 0 Å². The van der Waals surface area contributed by atoms with Gasteiger partial charge in [-0.3, -0.25) is 4.79 Å². The molecule has 2 nitrogen and oxygen atoms in total. The average molecular weight is 279 g/mol. The normalized spacial score (nSPS) is 11.3. The summed E-state index contributed by atoms with van der Waals surface area (Å²) in [6, 6.07) is 8.04. The lowest BCUT2D eigenvalue weighted by molar-refractivity contribution is 0.0968. The Morgan fingerprint density at radius 1 is 1.21 bits per heavy atom. The van der Waals surface area contributed by atoms with E-state index in [1.165, 1.54) is 11.3 Å². The standard InChI is InChI=1S/C16H25NOS/c1-13(2)12-16(18)14-6-8-15(9-7-14)19-11-5-10-17(3)4/h6-9,13H,5,10-12H2,1-4H3. The Morgan fingerprint density at radius 3 is 2.37 bits per heavy atom. The second kappa shape index (κ2) is 8.39. The monoisotopic (exact) mass is 279 g/mol. The Kier molecular flexibility index (Phi) is 7.17. The van der Waals surface area contributed by atoms with Crippen molar-refractivity contribution in [3.05, 3.63) is 29.8 Å². The molecule has 1 rings (SSSR count). The summed E-state index contributed by atoms with van der Waals surface area (Å²) in [6.45, 7) is 5.28. The first kappa shape index (κ1) is 16.3. The predicted molar refractivity (Wildman–Crippen MR) is 84.1 cm³/mol. The van der Waals surface area contributed by atoms with Crippen molar-refractivity contribution >= 4 is 17.5 Å². The highest BCUT2D eigenvalue weighted by atomic mass is 32.2. The van der Waals surface area contributed by atoms with Crippen LogP contribution in [0, 0.1) is 5.92 Å². The van der Waals surface area contributed by atoms with Crippen LogP contribution in [0.15, 0.2) is 29.2 Å². The molecule has 1 aromatic rings. The molecule has 0 saturated carbocycles. The molecule has 0 N–H and O–H groups in total. The maximum atomic E-state index is 11.9. The van der Waals surface area contributed by atoms with Crippen LogP contribution >= 0.6 is 11.8 Å². The molecule has 19 heavy (non-hydrogen) atoms. The minimum Gasteiger partial charge on any atom is -0.309 e. The Labute approximate surface area is 121 Å². The van der Waals surface area contributed by atoms with Gasteiger partial charge >= 0.3 is 0 Å². The molecule has 0 bridgehead atoms. The lowest BCUT2D eigenvalue weighted by Gasteiger charge is -2.09. The van der Waals surface area contributed by atoms with Gasteiger partial charge in [0.15, 0.2) is 5.78 Å². The van der Waals surface area contributed by atoms with Crippen molar-refractivity contribution in [2.75, 3.05) is 26.4 Å². The zero-order valence-corrected chi connectivity index (χ0v) is 13.3. The molecule has 0 unspecified atom stereocenters. The molecule has 0 aliphatic carbocycles. The molecule has 0 saturated heterocycles. The van der Waals surface area contributed by atoms with Crippen molar-refractivity contribution in [1.29, 1.82) is 0 Å². The van der Waals surface area contributed by atoms with Gasteiger partial charge in [-0.25, -0.2) is 0 Å². The van der Waals surface area contributed by atoms with E-state index in [4.69, 9.17) is 0 Å². The SMILES string of the molecule is CC(C)CC(=O)c1ccc(SCCCN(C)C)cc1. The van der Waals surface area contributed by atoms with Gasteiger partial charge in [0.2, 0.25) is 0 Å². The van der Waals surface area contributed by atoms with Crippen LogP contribution in [-0.2, 0) is 0 Å². The summed E-state index contributed by atoms with van der Waals surface area (Å²) < 4.78 is 0. The van der Waals surface area contributed by atoms with Crippen LogP contribution in [0.4, 0.5) is 0 Å². The molecule has 0 fully saturated rings. The molecule has 0 heterocycles. The number of hydrogen-bond donors (Lipinski definition) is 0. The zero-order chi connectivity index (χ0) is 14.3. The van der Waals surface area contributed by atoms with Crippen LogP contribution in [0.25, 0.3) is 0 Å². The summed E-state index contributed by atoms with van der Waals surface area (Å²) in [7, 11) is 4.19. The quantitative estimate of drug-likeness (QED) is 0.408. The number of ketones is 1. The van der Waals surface area contributed by atoms with E-state index in [1.54, 1.807) is 0 Å². The van der Waals surface area contributed by atoms with Crippen molar-refractivity contribution in [2.24, 2.45) is 5.92 Å². The highest BCUT2D eigenvalue weighted by Crippen LogP contribution is 2.20. The van der Waals surface area contributed by atoms with Crippen molar-refractivity contribution in [2.45, 2.75) is 31.6 Å². The van der Waals surface area contributed by atoms with E-state index < -0.39 is 0 Å². The fourth-order valence-corrected chi connectivity index (χ4v) is 2.63. The van der Waals surface area contributed by atoms with E-state index in [9.17, 15) is 4.79 Å². The predicted octanol–water partition coefficient (Wildman–Crippen LogP) is 3.96. The highest BCUT2D eigenvalue weighted by Gasteiger charge is 2.07. The average Bonchev–Trinajstić information content (AvgIpc) is 2.34. The summed E-state index contributed by atoms with van der Waals surface area (Å²) in [5.74, 6) is 1.80. The first-order valence-electron chi connectivity index (χ1n) is 6.90. The second-order valence-corrected chi connectivity index (χ2v) is 6.72. The van der Waals surface area contributed by atoms with Gasteiger partial charge in [0.25, 0.3) is 0 Å². The number of carbonyl (C=O) groups excluding carboxylic acids is 1. The van der Waals surface area contributed by atoms with E-state index in [0.717, 1.165) is 17.9 Å². The number of benzene rings is 1. The van der Waals surface area contributed by atoms with Crippen LogP contribution in [0.5, 0.6) is 0 Å². The Bertz CT molecular complexity index is 384. The topological polar surface area (TPSA) is 20.3 Å². The van der Waals surface area contributed by atoms with Crippen LogP contribution in [0.2, 0.25) is 0 Å². The molecule has 106 valence electrons. The summed E-state index contributed by atoms with van der Waals surface area (Å²) in [6.07, 6.45) is 1.82. The zero-order valence-electron chi connectivity index (χ0n) is 12.5. The molecular formula is C16H25NOS. The molecule has 3 heteroatoms. The fourth-order valence-electron chi connectivity index (χ4n) is 1.80. The second-order valence-electron chi connectivity index (χ2n) is 5.55. The number of carbonyl (C=O) groups is 1. The molecular weight excluding hydrogens is 254 g/mol. The van der Waals surface area contributed by atoms with Gasteiger partial charge in [-0.15, -0.1) is 11.8 Å². The van der Waals surface area contributed by atoms with E-state index in [1.807, 2.05) is 23.9 Å². The van der Waals surface area contributed by atoms with E-state index in [-0.39, 0.29) is 5.78 Å². The van der Waals surface area contributed by atoms with E-state index in [2.05, 4.69) is 45.0 Å². The minimum atomic E-state index is 0.249. The lowest BCUT2D eigenvalue weighted by Crippen LogP contribution is -2.13. The molecule has 0 radical (unpaired) electrons. The van der Waals surface area contributed by atoms with Crippen LogP contribution in [-0.4, -0.2) is 37.1 Å². The van der Waals surface area contributed by atoms with Gasteiger partial charge in [-0.05, 0) is 50.9 Å². The third-order valence-electron chi connectivity index (χ3n) is 2.79. The van der Waals surface area contributed by atoms with Gasteiger partial charge in [-0.2, -0.15) is 0 Å². The van der Waals surface area contributed by atoms with E-state index >= 15 is 0 Å². The summed E-state index contributed by atoms with van der Waals surface area (Å²) in [5.41, 5.74) is 0.839. The van der Waals surface area contributed by atoms with Crippen LogP contribution < -0.4 is 0 Å². The Balaban J connectivity index is 2.41. The van der Waals surface area contributed by atoms with Crippen LogP contribution in [0.1, 0.15) is 37.0 Å². The summed E-state index contributed by atoms with van der Waals surface area (Å²) in [4.78, 5) is 15.3. The molecule has 0 aliphatic rings. The Morgan fingerprint density at radius 2 is 1.84 bits per heavy atom. The number of nitrogens with zero attached hydrogens (tertiary/aromatic N) is 1. The fraction of sp³-hybridized carbons (Fsp3) is 0.562. The maximum Gasteiger partial charge on any atom is 0.163 e.